The van der Waals surface area contributed by atoms with E-state index < -0.39 is 28.5 Å². The molecule has 35 heavy (non-hydrogen) atoms. The number of hydrogen-bond acceptors (Lipinski definition) is 4. The van der Waals surface area contributed by atoms with Crippen LogP contribution in [0.1, 0.15) is 28.5 Å². The van der Waals surface area contributed by atoms with Crippen LogP contribution in [0.5, 0.6) is 0 Å². The van der Waals surface area contributed by atoms with E-state index in [1.165, 1.54) is 12.1 Å². The van der Waals surface area contributed by atoms with Crippen molar-refractivity contribution in [1.82, 2.24) is 9.71 Å². The molecule has 0 radical (unpaired) electrons. The first-order valence-electron chi connectivity index (χ1n) is 10.8. The van der Waals surface area contributed by atoms with Crippen LogP contribution >= 0.6 is 0 Å². The molecule has 1 amide bonds. The van der Waals surface area contributed by atoms with Gasteiger partial charge in [-0.05, 0) is 53.1 Å². The standard InChI is InChI=1S/C26H23N3O5S/c30-25(31)17-24(18-7-2-1-3-8-18)29-35(33,34)22-12-5-10-20(16-22)19-9-4-11-21(15-19)28-26(32)23-13-6-14-27-23/h1-16,24,27,29H,17H2,(H,28,32)(H,30,31)/t24-/m1/s1. The van der Waals surface area contributed by atoms with Crippen LogP contribution in [-0.2, 0) is 14.8 Å². The summed E-state index contributed by atoms with van der Waals surface area (Å²) in [5.74, 6) is -1.41. The van der Waals surface area contributed by atoms with Crippen molar-refractivity contribution in [1.29, 1.82) is 0 Å². The first-order valence-corrected chi connectivity index (χ1v) is 12.2. The van der Waals surface area contributed by atoms with Crippen LogP contribution in [0.3, 0.4) is 0 Å². The molecule has 4 rings (SSSR count). The van der Waals surface area contributed by atoms with Gasteiger partial charge in [0, 0.05) is 11.9 Å². The number of carboxylic acids is 1. The second-order valence-electron chi connectivity index (χ2n) is 7.83. The number of aromatic nitrogens is 1. The Bertz CT molecular complexity index is 1430. The summed E-state index contributed by atoms with van der Waals surface area (Å²) >= 11 is 0. The highest BCUT2D eigenvalue weighted by molar-refractivity contribution is 7.89. The Kier molecular flexibility index (Phi) is 7.09. The van der Waals surface area contributed by atoms with Crippen molar-refractivity contribution >= 4 is 27.6 Å². The predicted octanol–water partition coefficient (Wildman–Crippen LogP) is 4.43. The fraction of sp³-hybridized carbons (Fsp3) is 0.0769. The van der Waals surface area contributed by atoms with Gasteiger partial charge in [0.25, 0.3) is 5.91 Å². The Hall–Kier alpha value is -4.21. The largest absolute Gasteiger partial charge is 0.481 e. The van der Waals surface area contributed by atoms with Crippen molar-refractivity contribution in [3.8, 4) is 11.1 Å². The zero-order valence-corrected chi connectivity index (χ0v) is 19.3. The van der Waals surface area contributed by atoms with E-state index in [1.54, 1.807) is 85.1 Å². The van der Waals surface area contributed by atoms with Crippen LogP contribution in [0.25, 0.3) is 11.1 Å². The molecule has 1 aromatic heterocycles. The molecule has 0 aliphatic heterocycles. The minimum atomic E-state index is -4.03. The number of aromatic amines is 1. The fourth-order valence-corrected chi connectivity index (χ4v) is 4.90. The molecule has 1 heterocycles. The van der Waals surface area contributed by atoms with E-state index in [4.69, 9.17) is 0 Å². The lowest BCUT2D eigenvalue weighted by atomic mass is 10.1. The number of carbonyl (C=O) groups is 2. The lowest BCUT2D eigenvalue weighted by Crippen LogP contribution is -2.30. The van der Waals surface area contributed by atoms with Crippen LogP contribution in [-0.4, -0.2) is 30.4 Å². The first-order chi connectivity index (χ1) is 16.8. The number of nitrogens with one attached hydrogen (secondary N) is 3. The molecule has 0 aliphatic carbocycles. The average Bonchev–Trinajstić information content (AvgIpc) is 3.39. The quantitative estimate of drug-likeness (QED) is 0.277. The monoisotopic (exact) mass is 489 g/mol. The predicted molar refractivity (Wildman–Crippen MR) is 132 cm³/mol. The van der Waals surface area contributed by atoms with E-state index in [-0.39, 0.29) is 10.8 Å². The lowest BCUT2D eigenvalue weighted by Gasteiger charge is -2.18. The minimum Gasteiger partial charge on any atom is -0.481 e. The van der Waals surface area contributed by atoms with Gasteiger partial charge in [0.05, 0.1) is 17.4 Å². The van der Waals surface area contributed by atoms with E-state index >= 15 is 0 Å². The molecule has 0 bridgehead atoms. The third kappa shape index (κ3) is 6.03. The normalized spacial score (nSPS) is 12.1. The van der Waals surface area contributed by atoms with Crippen molar-refractivity contribution in [2.75, 3.05) is 5.32 Å². The molecule has 0 aliphatic rings. The summed E-state index contributed by atoms with van der Waals surface area (Å²) in [6.07, 6.45) is 1.26. The number of amides is 1. The number of aliphatic carboxylic acids is 1. The SMILES string of the molecule is O=C(O)C[C@@H](NS(=O)(=O)c1cccc(-c2cccc(NC(=O)c3ccc[nH]3)c2)c1)c1ccccc1. The molecule has 178 valence electrons. The van der Waals surface area contributed by atoms with Gasteiger partial charge in [0.15, 0.2) is 0 Å². The fourth-order valence-electron chi connectivity index (χ4n) is 3.63. The molecular formula is C26H23N3O5S. The van der Waals surface area contributed by atoms with Crippen molar-refractivity contribution < 1.29 is 23.1 Å². The minimum absolute atomic E-state index is 0.00199. The van der Waals surface area contributed by atoms with Gasteiger partial charge in [-0.15, -0.1) is 0 Å². The molecule has 0 saturated carbocycles. The van der Waals surface area contributed by atoms with Crippen LogP contribution in [0.4, 0.5) is 5.69 Å². The molecule has 3 aromatic carbocycles. The molecule has 0 saturated heterocycles. The number of carboxylic acid groups (broad SMARTS) is 1. The molecule has 4 N–H and O–H groups in total. The van der Waals surface area contributed by atoms with Gasteiger partial charge in [0.2, 0.25) is 10.0 Å². The van der Waals surface area contributed by atoms with E-state index in [0.717, 1.165) is 0 Å². The Labute approximate surface area is 202 Å². The van der Waals surface area contributed by atoms with Crippen LogP contribution in [0.2, 0.25) is 0 Å². The number of sulfonamides is 1. The van der Waals surface area contributed by atoms with E-state index in [0.29, 0.717) is 28.1 Å². The highest BCUT2D eigenvalue weighted by atomic mass is 32.2. The van der Waals surface area contributed by atoms with Gasteiger partial charge in [-0.25, -0.2) is 13.1 Å². The summed E-state index contributed by atoms with van der Waals surface area (Å²) in [6.45, 7) is 0. The molecule has 0 unspecified atom stereocenters. The first kappa shape index (κ1) is 23.9. The molecule has 4 aromatic rings. The number of carbonyl (C=O) groups excluding carboxylic acids is 1. The maximum Gasteiger partial charge on any atom is 0.305 e. The zero-order valence-electron chi connectivity index (χ0n) is 18.5. The highest BCUT2D eigenvalue weighted by Crippen LogP contribution is 2.27. The summed E-state index contributed by atoms with van der Waals surface area (Å²) in [4.78, 5) is 26.5. The van der Waals surface area contributed by atoms with Crippen molar-refractivity contribution in [2.24, 2.45) is 0 Å². The highest BCUT2D eigenvalue weighted by Gasteiger charge is 2.24. The Morgan fingerprint density at radius 1 is 0.857 bits per heavy atom. The second kappa shape index (κ2) is 10.4. The topological polar surface area (TPSA) is 128 Å². The van der Waals surface area contributed by atoms with Crippen molar-refractivity contribution in [2.45, 2.75) is 17.4 Å². The van der Waals surface area contributed by atoms with Crippen molar-refractivity contribution in [3.63, 3.8) is 0 Å². The molecule has 8 nitrogen and oxygen atoms in total. The molecular weight excluding hydrogens is 466 g/mol. The summed E-state index contributed by atoms with van der Waals surface area (Å²) in [6, 6.07) is 24.4. The zero-order chi connectivity index (χ0) is 24.8. The van der Waals surface area contributed by atoms with Gasteiger partial charge in [0.1, 0.15) is 5.69 Å². The van der Waals surface area contributed by atoms with E-state index in [9.17, 15) is 23.1 Å². The smallest absolute Gasteiger partial charge is 0.305 e. The van der Waals surface area contributed by atoms with Crippen LogP contribution < -0.4 is 10.0 Å². The molecule has 0 spiro atoms. The second-order valence-corrected chi connectivity index (χ2v) is 9.54. The van der Waals surface area contributed by atoms with Gasteiger partial charge in [-0.1, -0.05) is 54.6 Å². The average molecular weight is 490 g/mol. The Balaban J connectivity index is 1.58. The maximum absolute atomic E-state index is 13.2. The number of rotatable bonds is 9. The number of H-pyrrole nitrogens is 1. The summed E-state index contributed by atoms with van der Waals surface area (Å²) in [5, 5.41) is 12.1. The molecule has 0 fully saturated rings. The number of anilines is 1. The Morgan fingerprint density at radius 2 is 1.57 bits per heavy atom. The number of benzene rings is 3. The van der Waals surface area contributed by atoms with Crippen LogP contribution in [0.15, 0.2) is 102 Å². The Morgan fingerprint density at radius 3 is 2.26 bits per heavy atom. The van der Waals surface area contributed by atoms with Crippen molar-refractivity contribution in [3.05, 3.63) is 108 Å². The number of hydrogen-bond donors (Lipinski definition) is 4. The summed E-state index contributed by atoms with van der Waals surface area (Å²) < 4.78 is 28.8. The molecule has 9 heteroatoms. The van der Waals surface area contributed by atoms with Crippen LogP contribution in [0, 0.1) is 0 Å². The lowest BCUT2D eigenvalue weighted by molar-refractivity contribution is -0.137. The van der Waals surface area contributed by atoms with Gasteiger partial charge >= 0.3 is 5.97 Å². The maximum atomic E-state index is 13.2. The third-order valence-corrected chi connectivity index (χ3v) is 6.79. The van der Waals surface area contributed by atoms with Gasteiger partial charge in [-0.3, -0.25) is 9.59 Å². The molecule has 1 atom stereocenters. The third-order valence-electron chi connectivity index (χ3n) is 5.32. The summed E-state index contributed by atoms with van der Waals surface area (Å²) in [7, 11) is -4.03. The van der Waals surface area contributed by atoms with E-state index in [1.807, 2.05) is 0 Å². The van der Waals surface area contributed by atoms with E-state index in [2.05, 4.69) is 15.0 Å². The van der Waals surface area contributed by atoms with Gasteiger partial charge in [-0.2, -0.15) is 0 Å². The summed E-state index contributed by atoms with van der Waals surface area (Å²) in [5.41, 5.74) is 2.86. The van der Waals surface area contributed by atoms with Gasteiger partial charge < -0.3 is 15.4 Å².